The van der Waals surface area contributed by atoms with E-state index in [0.717, 1.165) is 0 Å². The third-order valence-corrected chi connectivity index (χ3v) is 1.96. The quantitative estimate of drug-likeness (QED) is 0.225. The second-order valence-corrected chi connectivity index (χ2v) is 3.37. The summed E-state index contributed by atoms with van der Waals surface area (Å²) in [4.78, 5) is 11.1. The summed E-state index contributed by atoms with van der Waals surface area (Å²) in [7, 11) is 0. The average molecular weight is 261 g/mol. The second kappa shape index (κ2) is 6.14. The van der Waals surface area contributed by atoms with Crippen LogP contribution in [0.4, 0.5) is 5.69 Å². The fourth-order valence-corrected chi connectivity index (χ4v) is 1.14. The molecule has 0 heterocycles. The fraction of sp³-hybridized carbons (Fsp3) is 0. The number of benzene rings is 1. The van der Waals surface area contributed by atoms with E-state index in [0.29, 0.717) is 10.7 Å². The van der Waals surface area contributed by atoms with Gasteiger partial charge in [-0.15, -0.1) is 5.11 Å². The van der Waals surface area contributed by atoms with E-state index in [-0.39, 0.29) is 0 Å². The minimum Gasteiger partial charge on any atom is -0.498 e. The maximum atomic E-state index is 11.1. The van der Waals surface area contributed by atoms with E-state index < -0.39 is 17.2 Å². The van der Waals surface area contributed by atoms with Crippen LogP contribution in [0.1, 0.15) is 0 Å². The van der Waals surface area contributed by atoms with Crippen molar-refractivity contribution >= 4 is 23.1 Å². The molecule has 0 aliphatic carbocycles. The van der Waals surface area contributed by atoms with Crippen LogP contribution in [0.2, 0.25) is 5.02 Å². The molecule has 0 aliphatic rings. The molecule has 0 fully saturated rings. The predicted octanol–water partition coefficient (Wildman–Crippen LogP) is 2.81. The number of Topliss-reactive ketones (excluding diaryl/α,β-unsaturated/α-hetero) is 1. The van der Waals surface area contributed by atoms with Crippen LogP contribution >= 0.6 is 11.6 Å². The van der Waals surface area contributed by atoms with Crippen molar-refractivity contribution in [2.24, 2.45) is 10.2 Å². The van der Waals surface area contributed by atoms with Crippen molar-refractivity contribution in [1.82, 2.24) is 0 Å². The van der Waals surface area contributed by atoms with Crippen LogP contribution in [0.15, 0.2) is 46.0 Å². The molecule has 0 unspecified atom stereocenters. The van der Waals surface area contributed by atoms with Crippen LogP contribution in [-0.4, -0.2) is 10.9 Å². The Kier molecular flexibility index (Phi) is 4.56. The third-order valence-electron chi connectivity index (χ3n) is 1.72. The monoisotopic (exact) mass is 260 g/mol. The third kappa shape index (κ3) is 3.41. The van der Waals surface area contributed by atoms with E-state index >= 15 is 0 Å². The molecule has 7 heteroatoms. The van der Waals surface area contributed by atoms with Crippen molar-refractivity contribution in [2.45, 2.75) is 0 Å². The van der Waals surface area contributed by atoms with Gasteiger partial charge in [0.05, 0.1) is 5.69 Å². The number of rotatable bonds is 3. The molecule has 18 heavy (non-hydrogen) atoms. The van der Waals surface area contributed by atoms with Crippen molar-refractivity contribution < 1.29 is 9.90 Å². The van der Waals surface area contributed by atoms with Crippen molar-refractivity contribution in [3.8, 4) is 12.1 Å². The van der Waals surface area contributed by atoms with Gasteiger partial charge < -0.3 is 5.11 Å². The number of halogens is 1. The number of allylic oxidation sites excluding steroid dienone is 2. The lowest BCUT2D eigenvalue weighted by atomic mass is 10.3. The summed E-state index contributed by atoms with van der Waals surface area (Å²) in [6, 6.07) is 8.78. The molecule has 0 aromatic heterocycles. The van der Waals surface area contributed by atoms with Crippen LogP contribution in [-0.2, 0) is 4.79 Å². The molecule has 88 valence electrons. The summed E-state index contributed by atoms with van der Waals surface area (Å²) in [6.45, 7) is 0. The van der Waals surface area contributed by atoms with Gasteiger partial charge in [-0.2, -0.15) is 15.6 Å². The maximum absolute atomic E-state index is 11.1. The van der Waals surface area contributed by atoms with Crippen LogP contribution in [0, 0.1) is 22.7 Å². The molecule has 1 rings (SSSR count). The lowest BCUT2D eigenvalue weighted by molar-refractivity contribution is -0.110. The van der Waals surface area contributed by atoms with E-state index in [9.17, 15) is 4.79 Å². The highest BCUT2D eigenvalue weighted by Gasteiger charge is 2.14. The minimum absolute atomic E-state index is 0.316. The first-order chi connectivity index (χ1) is 8.58. The SMILES string of the molecule is N#CC(=O)/C(N=Nc1cccc(Cl)c1)=C(/O)C#N. The number of hydrogen-bond donors (Lipinski definition) is 1. The first kappa shape index (κ1) is 13.4. The van der Waals surface area contributed by atoms with Crippen molar-refractivity contribution in [2.75, 3.05) is 0 Å². The molecule has 0 bridgehead atoms. The molecule has 0 aliphatic heterocycles. The Morgan fingerprint density at radius 3 is 2.61 bits per heavy atom. The van der Waals surface area contributed by atoms with Crippen LogP contribution < -0.4 is 0 Å². The molecule has 6 nitrogen and oxygen atoms in total. The summed E-state index contributed by atoms with van der Waals surface area (Å²) in [5.74, 6) is -2.12. The molecular formula is C11H5ClN4O2. The molecule has 1 aromatic rings. The Hall–Kier alpha value is -2.70. The standard InChI is InChI=1S/C11H5ClN4O2/c12-7-2-1-3-8(4-7)15-16-11(9(17)5-13)10(18)6-14/h1-4,17H/b11-9-,16-15?. The molecule has 0 spiro atoms. The van der Waals surface area contributed by atoms with Gasteiger partial charge in [0.25, 0.3) is 5.78 Å². The van der Waals surface area contributed by atoms with Crippen LogP contribution in [0.3, 0.4) is 0 Å². The van der Waals surface area contributed by atoms with Crippen LogP contribution in [0.5, 0.6) is 0 Å². The topological polar surface area (TPSA) is 110 Å². The number of ketones is 1. The summed E-state index contributed by atoms with van der Waals surface area (Å²) < 4.78 is 0. The average Bonchev–Trinajstić information content (AvgIpc) is 2.38. The summed E-state index contributed by atoms with van der Waals surface area (Å²) in [6.07, 6.45) is 0. The first-order valence-electron chi connectivity index (χ1n) is 4.53. The van der Waals surface area contributed by atoms with Crippen molar-refractivity contribution in [3.05, 3.63) is 40.7 Å². The van der Waals surface area contributed by atoms with Gasteiger partial charge in [-0.05, 0) is 18.2 Å². The van der Waals surface area contributed by atoms with E-state index in [4.69, 9.17) is 27.2 Å². The molecule has 0 saturated carbocycles. The number of azo groups is 1. The fourth-order valence-electron chi connectivity index (χ4n) is 0.952. The van der Waals surface area contributed by atoms with E-state index in [1.54, 1.807) is 18.2 Å². The van der Waals surface area contributed by atoms with Gasteiger partial charge in [-0.1, -0.05) is 17.7 Å². The number of aliphatic hydroxyl groups excluding tert-OH is 1. The maximum Gasteiger partial charge on any atom is 0.286 e. The van der Waals surface area contributed by atoms with Gasteiger partial charge in [0.15, 0.2) is 5.70 Å². The second-order valence-electron chi connectivity index (χ2n) is 2.93. The number of nitrogens with zero attached hydrogens (tertiary/aromatic N) is 4. The smallest absolute Gasteiger partial charge is 0.286 e. The molecule has 0 atom stereocenters. The van der Waals surface area contributed by atoms with Gasteiger partial charge in [0.2, 0.25) is 5.76 Å². The van der Waals surface area contributed by atoms with E-state index in [1.807, 2.05) is 0 Å². The number of carbonyl (C=O) groups is 1. The number of nitriles is 2. The Balaban J connectivity index is 3.11. The Bertz CT molecular complexity index is 623. The van der Waals surface area contributed by atoms with Gasteiger partial charge in [0.1, 0.15) is 12.1 Å². The molecule has 0 radical (unpaired) electrons. The number of hydrogen-bond acceptors (Lipinski definition) is 6. The highest BCUT2D eigenvalue weighted by atomic mass is 35.5. The molecule has 1 aromatic carbocycles. The van der Waals surface area contributed by atoms with Gasteiger partial charge >= 0.3 is 0 Å². The summed E-state index contributed by atoms with van der Waals surface area (Å²) in [5.41, 5.74) is -0.392. The zero-order chi connectivity index (χ0) is 13.5. The minimum atomic E-state index is -1.15. The molecule has 0 amide bonds. The largest absolute Gasteiger partial charge is 0.498 e. The lowest BCUT2D eigenvalue weighted by Crippen LogP contribution is -1.99. The Morgan fingerprint density at radius 2 is 2.06 bits per heavy atom. The number of aliphatic hydroxyl groups is 1. The molecule has 0 saturated heterocycles. The first-order valence-corrected chi connectivity index (χ1v) is 4.91. The molecular weight excluding hydrogens is 256 g/mol. The van der Waals surface area contributed by atoms with Gasteiger partial charge in [-0.25, -0.2) is 0 Å². The number of carbonyl (C=O) groups excluding carboxylic acids is 1. The Labute approximate surface area is 107 Å². The predicted molar refractivity (Wildman–Crippen MR) is 61.9 cm³/mol. The Morgan fingerprint density at radius 1 is 1.33 bits per heavy atom. The lowest BCUT2D eigenvalue weighted by Gasteiger charge is -1.94. The normalized spacial score (nSPS) is 11.5. The highest BCUT2D eigenvalue weighted by Crippen LogP contribution is 2.19. The van der Waals surface area contributed by atoms with E-state index in [2.05, 4.69) is 10.2 Å². The van der Waals surface area contributed by atoms with Gasteiger partial charge in [0, 0.05) is 5.02 Å². The highest BCUT2D eigenvalue weighted by molar-refractivity contribution is 6.30. The van der Waals surface area contributed by atoms with Crippen molar-refractivity contribution in [1.29, 1.82) is 10.5 Å². The summed E-state index contributed by atoms with van der Waals surface area (Å²) >= 11 is 5.71. The van der Waals surface area contributed by atoms with E-state index in [1.165, 1.54) is 18.2 Å². The molecule has 1 N–H and O–H groups in total. The van der Waals surface area contributed by atoms with Crippen LogP contribution in [0.25, 0.3) is 0 Å². The zero-order valence-electron chi connectivity index (χ0n) is 8.83. The summed E-state index contributed by atoms with van der Waals surface area (Å²) in [5, 5.41) is 33.4. The van der Waals surface area contributed by atoms with Gasteiger partial charge in [-0.3, -0.25) is 4.79 Å². The zero-order valence-corrected chi connectivity index (χ0v) is 9.59. The van der Waals surface area contributed by atoms with Crippen molar-refractivity contribution in [3.63, 3.8) is 0 Å².